The van der Waals surface area contributed by atoms with Crippen molar-refractivity contribution in [1.82, 2.24) is 20.9 Å². The number of hydrogen-bond acceptors (Lipinski definition) is 5. The maximum Gasteiger partial charge on any atom is 0.289 e. The van der Waals surface area contributed by atoms with Gasteiger partial charge >= 0.3 is 0 Å². The van der Waals surface area contributed by atoms with Gasteiger partial charge in [-0.2, -0.15) is 0 Å². The van der Waals surface area contributed by atoms with Crippen LogP contribution in [-0.4, -0.2) is 65.5 Å². The van der Waals surface area contributed by atoms with Crippen LogP contribution in [0, 0.1) is 22.7 Å². The van der Waals surface area contributed by atoms with Crippen molar-refractivity contribution in [2.45, 2.75) is 78.9 Å². The first kappa shape index (κ1) is 31.0. The van der Waals surface area contributed by atoms with Crippen LogP contribution in [0.25, 0.3) is 0 Å². The summed E-state index contributed by atoms with van der Waals surface area (Å²) in [6.07, 6.45) is 2.48. The summed E-state index contributed by atoms with van der Waals surface area (Å²) in [7, 11) is 0. The van der Waals surface area contributed by atoms with Crippen LogP contribution in [0.15, 0.2) is 43.0 Å². The van der Waals surface area contributed by atoms with Gasteiger partial charge in [-0.3, -0.25) is 24.0 Å². The minimum Gasteiger partial charge on any atom is -0.346 e. The minimum atomic E-state index is -0.996. The molecular weight excluding hydrogens is 508 g/mol. The van der Waals surface area contributed by atoms with Crippen LogP contribution in [0.4, 0.5) is 0 Å². The summed E-state index contributed by atoms with van der Waals surface area (Å²) < 4.78 is 0. The Morgan fingerprint density at radius 2 is 1.75 bits per heavy atom. The number of rotatable bonds is 12. The van der Waals surface area contributed by atoms with E-state index in [1.54, 1.807) is 4.90 Å². The smallest absolute Gasteiger partial charge is 0.289 e. The highest BCUT2D eigenvalue weighted by Gasteiger charge is 2.69. The zero-order valence-corrected chi connectivity index (χ0v) is 24.6. The summed E-state index contributed by atoms with van der Waals surface area (Å²) in [6.45, 7) is 15.7. The fourth-order valence-electron chi connectivity index (χ4n) is 5.85. The molecule has 1 aromatic rings. The Kier molecular flexibility index (Phi) is 9.59. The molecule has 0 spiro atoms. The summed E-state index contributed by atoms with van der Waals surface area (Å²) >= 11 is 0. The van der Waals surface area contributed by atoms with Gasteiger partial charge < -0.3 is 20.9 Å². The fourth-order valence-corrected chi connectivity index (χ4v) is 5.85. The molecule has 1 saturated heterocycles. The molecule has 1 aliphatic carbocycles. The molecule has 2 fully saturated rings. The number of nitrogens with zero attached hydrogens (tertiary/aromatic N) is 1. The van der Waals surface area contributed by atoms with E-state index in [0.29, 0.717) is 19.4 Å². The van der Waals surface area contributed by atoms with Crippen molar-refractivity contribution in [2.24, 2.45) is 22.7 Å². The third-order valence-electron chi connectivity index (χ3n) is 8.23. The zero-order valence-electron chi connectivity index (χ0n) is 24.6. The van der Waals surface area contributed by atoms with E-state index >= 15 is 0 Å². The molecule has 3 rings (SSSR count). The molecule has 0 bridgehead atoms. The van der Waals surface area contributed by atoms with Crippen LogP contribution in [0.2, 0.25) is 0 Å². The lowest BCUT2D eigenvalue weighted by Crippen LogP contribution is -2.60. The molecule has 40 heavy (non-hydrogen) atoms. The highest BCUT2D eigenvalue weighted by atomic mass is 16.2. The van der Waals surface area contributed by atoms with Gasteiger partial charge in [-0.25, -0.2) is 0 Å². The normalized spacial score (nSPS) is 22.4. The number of hydrogen-bond donors (Lipinski definition) is 3. The molecule has 1 saturated carbocycles. The number of carbonyl (C=O) groups excluding carboxylic acids is 5. The molecule has 5 atom stereocenters. The van der Waals surface area contributed by atoms with Gasteiger partial charge in [0.2, 0.25) is 23.5 Å². The van der Waals surface area contributed by atoms with Crippen LogP contribution in [-0.2, 0) is 30.4 Å². The van der Waals surface area contributed by atoms with Crippen molar-refractivity contribution in [3.63, 3.8) is 0 Å². The molecule has 3 N–H and O–H groups in total. The number of likely N-dealkylation sites (tertiary alicyclic amines) is 1. The number of piperidine rings is 1. The van der Waals surface area contributed by atoms with Crippen molar-refractivity contribution in [3.05, 3.63) is 48.6 Å². The van der Waals surface area contributed by atoms with E-state index in [1.165, 1.54) is 6.08 Å². The maximum absolute atomic E-state index is 14.0. The topological polar surface area (TPSA) is 125 Å². The first-order valence-electron chi connectivity index (χ1n) is 14.1. The molecule has 3 unspecified atom stereocenters. The van der Waals surface area contributed by atoms with Gasteiger partial charge in [-0.1, -0.05) is 84.4 Å². The molecule has 218 valence electrons. The Morgan fingerprint density at radius 3 is 2.33 bits per heavy atom. The quantitative estimate of drug-likeness (QED) is 0.271. The maximum atomic E-state index is 14.0. The first-order valence-corrected chi connectivity index (χ1v) is 14.1. The van der Waals surface area contributed by atoms with Crippen LogP contribution >= 0.6 is 0 Å². The van der Waals surface area contributed by atoms with Gasteiger partial charge in [0, 0.05) is 13.1 Å². The highest BCUT2D eigenvalue weighted by molar-refractivity contribution is 6.38. The average Bonchev–Trinajstić information content (AvgIpc) is 3.22. The van der Waals surface area contributed by atoms with Crippen molar-refractivity contribution < 1.29 is 24.0 Å². The second-order valence-corrected chi connectivity index (χ2v) is 12.6. The summed E-state index contributed by atoms with van der Waals surface area (Å²) in [5.41, 5.74) is 0.0832. The molecule has 0 aromatic heterocycles. The van der Waals surface area contributed by atoms with Crippen LogP contribution in [0.3, 0.4) is 0 Å². The second-order valence-electron chi connectivity index (χ2n) is 12.6. The lowest BCUT2D eigenvalue weighted by molar-refractivity contribution is -0.146. The SMILES string of the molecule is C=CCNC(=O)C(=O)C(CCC)NC(=O)C1[C@H]2[C@@H](CN1C(=O)C(NC(=O)Cc1ccccc1)C(C)(C)C)C2(C)C. The largest absolute Gasteiger partial charge is 0.346 e. The van der Waals surface area contributed by atoms with Crippen molar-refractivity contribution in [2.75, 3.05) is 13.1 Å². The molecular formula is C31H44N4O5. The molecule has 9 nitrogen and oxygen atoms in total. The molecule has 1 aliphatic heterocycles. The first-order chi connectivity index (χ1) is 18.7. The van der Waals surface area contributed by atoms with Gasteiger partial charge in [0.25, 0.3) is 5.91 Å². The number of nitrogens with one attached hydrogen (secondary N) is 3. The van der Waals surface area contributed by atoms with E-state index in [2.05, 4.69) is 36.4 Å². The Balaban J connectivity index is 1.81. The van der Waals surface area contributed by atoms with Crippen LogP contribution in [0.5, 0.6) is 0 Å². The molecule has 4 amide bonds. The molecule has 9 heteroatoms. The van der Waals surface area contributed by atoms with Gasteiger partial charge in [0.15, 0.2) is 0 Å². The van der Waals surface area contributed by atoms with Crippen LogP contribution < -0.4 is 16.0 Å². The van der Waals surface area contributed by atoms with Crippen LogP contribution in [0.1, 0.15) is 59.9 Å². The van der Waals surface area contributed by atoms with Crippen molar-refractivity contribution in [1.29, 1.82) is 0 Å². The summed E-state index contributed by atoms with van der Waals surface area (Å²) in [4.78, 5) is 67.5. The zero-order chi connectivity index (χ0) is 29.8. The predicted molar refractivity (Wildman–Crippen MR) is 153 cm³/mol. The summed E-state index contributed by atoms with van der Waals surface area (Å²) in [5.74, 6) is -2.49. The van der Waals surface area contributed by atoms with E-state index in [1.807, 2.05) is 58.0 Å². The second kappa shape index (κ2) is 12.4. The Hall–Kier alpha value is -3.49. The lowest BCUT2D eigenvalue weighted by Gasteiger charge is -2.38. The summed E-state index contributed by atoms with van der Waals surface area (Å²) in [5, 5.41) is 8.20. The molecule has 1 aromatic carbocycles. The lowest BCUT2D eigenvalue weighted by atomic mass is 9.85. The predicted octanol–water partition coefficient (Wildman–Crippen LogP) is 2.40. The number of carbonyl (C=O) groups is 5. The van der Waals surface area contributed by atoms with E-state index in [9.17, 15) is 24.0 Å². The van der Waals surface area contributed by atoms with Crippen molar-refractivity contribution >= 4 is 29.4 Å². The number of benzene rings is 1. The summed E-state index contributed by atoms with van der Waals surface area (Å²) in [6, 6.07) is 6.66. The number of Topliss-reactive ketones (excluding diaryl/α,β-unsaturated/α-hetero) is 1. The van der Waals surface area contributed by atoms with E-state index < -0.39 is 41.1 Å². The minimum absolute atomic E-state index is 0.0796. The van der Waals surface area contributed by atoms with Gasteiger partial charge in [0.1, 0.15) is 12.1 Å². The monoisotopic (exact) mass is 552 g/mol. The fraction of sp³-hybridized carbons (Fsp3) is 0.581. The number of ketones is 1. The highest BCUT2D eigenvalue weighted by Crippen LogP contribution is 2.65. The third-order valence-corrected chi connectivity index (χ3v) is 8.23. The average molecular weight is 553 g/mol. The molecule has 1 heterocycles. The van der Waals surface area contributed by atoms with Gasteiger partial charge in [-0.15, -0.1) is 6.58 Å². The Morgan fingerprint density at radius 1 is 1.10 bits per heavy atom. The van der Waals surface area contributed by atoms with E-state index in [0.717, 1.165) is 5.56 Å². The number of fused-ring (bicyclic) bond motifs is 1. The Bertz CT molecular complexity index is 1140. The van der Waals surface area contributed by atoms with Crippen molar-refractivity contribution in [3.8, 4) is 0 Å². The number of amides is 4. The molecule has 0 radical (unpaired) electrons. The van der Waals surface area contributed by atoms with Gasteiger partial charge in [-0.05, 0) is 34.7 Å². The standard InChI is InChI=1S/C31H44N4O5/c1-8-13-21(25(37)28(39)32-16-9-2)33-27(38)24-23-20(31(23,6)7)18-35(24)29(40)26(30(3,4)5)34-22(36)17-19-14-11-10-12-15-19/h9-12,14-15,20-21,23-24,26H,2,8,13,16-18H2,1,3-7H3,(H,32,39)(H,33,38)(H,34,36)/t20-,21?,23-,24?,26?/m1/s1. The van der Waals surface area contributed by atoms with E-state index in [-0.39, 0.29) is 42.0 Å². The van der Waals surface area contributed by atoms with Gasteiger partial charge in [0.05, 0.1) is 12.5 Å². The molecule has 2 aliphatic rings. The third kappa shape index (κ3) is 6.80. The Labute approximate surface area is 237 Å². The van der Waals surface area contributed by atoms with E-state index in [4.69, 9.17) is 0 Å².